The lowest BCUT2D eigenvalue weighted by molar-refractivity contribution is -0.140. The number of carbonyl (C=O) groups excluding carboxylic acids is 1. The van der Waals surface area contributed by atoms with Gasteiger partial charge in [0, 0.05) is 18.8 Å². The molecule has 1 amide bonds. The number of likely N-dealkylation sites (tertiary alicyclic amines) is 1. The van der Waals surface area contributed by atoms with Gasteiger partial charge in [-0.25, -0.2) is 0 Å². The summed E-state index contributed by atoms with van der Waals surface area (Å²) in [4.78, 5) is 15.3. The summed E-state index contributed by atoms with van der Waals surface area (Å²) in [5, 5.41) is 3.04. The first kappa shape index (κ1) is 21.1. The van der Waals surface area contributed by atoms with Gasteiger partial charge in [0.15, 0.2) is 0 Å². The van der Waals surface area contributed by atoms with Crippen LogP contribution in [0.15, 0.2) is 24.3 Å². The molecule has 1 saturated heterocycles. The zero-order valence-corrected chi connectivity index (χ0v) is 17.4. The van der Waals surface area contributed by atoms with Gasteiger partial charge in [0.05, 0.1) is 6.61 Å². The lowest BCUT2D eigenvalue weighted by Gasteiger charge is -2.28. The van der Waals surface area contributed by atoms with Crippen molar-refractivity contribution >= 4 is 11.6 Å². The second kappa shape index (κ2) is 10.8. The summed E-state index contributed by atoms with van der Waals surface area (Å²) in [5.41, 5.74) is 0.164. The number of carbonyl (C=O) groups is 1. The summed E-state index contributed by atoms with van der Waals surface area (Å²) >= 11 is 0. The molecule has 1 N–H and O–H groups in total. The molecule has 1 heterocycles. The maximum atomic E-state index is 12.8. The van der Waals surface area contributed by atoms with E-state index in [9.17, 15) is 4.79 Å². The van der Waals surface area contributed by atoms with Crippen LogP contribution in [0.5, 0.6) is 5.75 Å². The summed E-state index contributed by atoms with van der Waals surface area (Å²) < 4.78 is 11.8. The van der Waals surface area contributed by atoms with Crippen LogP contribution in [0.1, 0.15) is 64.7 Å². The molecule has 1 aliphatic heterocycles. The SMILES string of the molecule is CCCOC1(C(=O)Nc2ccc(OCCCN3CCCCC3)cc2)CCCC1. The predicted molar refractivity (Wildman–Crippen MR) is 113 cm³/mol. The molecule has 5 nitrogen and oxygen atoms in total. The van der Waals surface area contributed by atoms with Gasteiger partial charge in [-0.2, -0.15) is 0 Å². The van der Waals surface area contributed by atoms with Crippen LogP contribution in [0.2, 0.25) is 0 Å². The van der Waals surface area contributed by atoms with E-state index in [4.69, 9.17) is 9.47 Å². The largest absolute Gasteiger partial charge is 0.494 e. The van der Waals surface area contributed by atoms with Crippen LogP contribution < -0.4 is 10.1 Å². The molecule has 1 aromatic carbocycles. The standard InChI is InChI=1S/C23H36N2O3/c1-2-18-28-23(13-4-5-14-23)22(26)24-20-9-11-21(12-10-20)27-19-8-17-25-15-6-3-7-16-25/h9-12H,2-8,13-19H2,1H3,(H,24,26). The normalized spacial score (nSPS) is 19.5. The van der Waals surface area contributed by atoms with Crippen molar-refractivity contribution in [1.29, 1.82) is 0 Å². The van der Waals surface area contributed by atoms with Crippen LogP contribution in [0.25, 0.3) is 0 Å². The second-order valence-electron chi connectivity index (χ2n) is 8.13. The van der Waals surface area contributed by atoms with E-state index < -0.39 is 5.60 Å². The first-order valence-electron chi connectivity index (χ1n) is 11.1. The van der Waals surface area contributed by atoms with Gasteiger partial charge in [0.25, 0.3) is 5.91 Å². The minimum Gasteiger partial charge on any atom is -0.494 e. The molecule has 0 bridgehead atoms. The summed E-state index contributed by atoms with van der Waals surface area (Å²) in [6, 6.07) is 7.70. The molecule has 0 aromatic heterocycles. The molecule has 28 heavy (non-hydrogen) atoms. The minimum atomic E-state index is -0.639. The molecular weight excluding hydrogens is 352 g/mol. The van der Waals surface area contributed by atoms with E-state index in [1.807, 2.05) is 24.3 Å². The van der Waals surface area contributed by atoms with Gasteiger partial charge in [0.1, 0.15) is 11.4 Å². The van der Waals surface area contributed by atoms with Crippen molar-refractivity contribution in [1.82, 2.24) is 4.90 Å². The third-order valence-corrected chi connectivity index (χ3v) is 5.86. The highest BCUT2D eigenvalue weighted by atomic mass is 16.5. The number of piperidine rings is 1. The number of nitrogens with zero attached hydrogens (tertiary/aromatic N) is 1. The molecule has 0 spiro atoms. The van der Waals surface area contributed by atoms with Crippen molar-refractivity contribution in [2.75, 3.05) is 38.2 Å². The van der Waals surface area contributed by atoms with Crippen molar-refractivity contribution in [2.24, 2.45) is 0 Å². The maximum absolute atomic E-state index is 12.8. The molecule has 0 unspecified atom stereocenters. The first-order valence-corrected chi connectivity index (χ1v) is 11.1. The van der Waals surface area contributed by atoms with E-state index in [2.05, 4.69) is 17.1 Å². The van der Waals surface area contributed by atoms with Gasteiger partial charge in [-0.15, -0.1) is 0 Å². The second-order valence-corrected chi connectivity index (χ2v) is 8.13. The summed E-state index contributed by atoms with van der Waals surface area (Å²) in [6.07, 6.45) is 9.77. The minimum absolute atomic E-state index is 0.00588. The van der Waals surface area contributed by atoms with Crippen LogP contribution in [-0.2, 0) is 9.53 Å². The molecular formula is C23H36N2O3. The number of hydrogen-bond donors (Lipinski definition) is 1. The Kier molecular flexibility index (Phi) is 8.16. The van der Waals surface area contributed by atoms with Crippen molar-refractivity contribution in [3.8, 4) is 5.75 Å². The van der Waals surface area contributed by atoms with Gasteiger partial charge in [-0.3, -0.25) is 4.79 Å². The smallest absolute Gasteiger partial charge is 0.256 e. The van der Waals surface area contributed by atoms with E-state index in [0.717, 1.165) is 63.1 Å². The van der Waals surface area contributed by atoms with E-state index in [0.29, 0.717) is 6.61 Å². The van der Waals surface area contributed by atoms with E-state index in [-0.39, 0.29) is 5.91 Å². The summed E-state index contributed by atoms with van der Waals surface area (Å²) in [7, 11) is 0. The zero-order chi connectivity index (χ0) is 19.7. The Morgan fingerprint density at radius 2 is 1.75 bits per heavy atom. The topological polar surface area (TPSA) is 50.8 Å². The van der Waals surface area contributed by atoms with E-state index >= 15 is 0 Å². The molecule has 2 fully saturated rings. The van der Waals surface area contributed by atoms with Crippen molar-refractivity contribution < 1.29 is 14.3 Å². The quantitative estimate of drug-likeness (QED) is 0.594. The number of ether oxygens (including phenoxy) is 2. The average Bonchev–Trinajstić information content (AvgIpc) is 3.22. The van der Waals surface area contributed by atoms with Crippen LogP contribution in [-0.4, -0.2) is 49.3 Å². The van der Waals surface area contributed by atoms with E-state index in [1.165, 1.54) is 32.4 Å². The lowest BCUT2D eigenvalue weighted by Crippen LogP contribution is -2.43. The Balaban J connectivity index is 1.42. The number of nitrogens with one attached hydrogen (secondary N) is 1. The van der Waals surface area contributed by atoms with Crippen LogP contribution in [0.3, 0.4) is 0 Å². The molecule has 1 aliphatic carbocycles. The molecule has 1 aromatic rings. The van der Waals surface area contributed by atoms with Crippen LogP contribution in [0.4, 0.5) is 5.69 Å². The fourth-order valence-electron chi connectivity index (χ4n) is 4.22. The maximum Gasteiger partial charge on any atom is 0.256 e. The Labute approximate surface area is 169 Å². The average molecular weight is 389 g/mol. The molecule has 5 heteroatoms. The number of hydrogen-bond acceptors (Lipinski definition) is 4. The first-order chi connectivity index (χ1) is 13.7. The van der Waals surface area contributed by atoms with Crippen molar-refractivity contribution in [3.63, 3.8) is 0 Å². The number of anilines is 1. The third kappa shape index (κ3) is 5.95. The van der Waals surface area contributed by atoms with Crippen LogP contribution >= 0.6 is 0 Å². The Morgan fingerprint density at radius 1 is 1.04 bits per heavy atom. The number of amides is 1. The summed E-state index contributed by atoms with van der Waals surface area (Å²) in [5.74, 6) is 0.850. The fraction of sp³-hybridized carbons (Fsp3) is 0.696. The van der Waals surface area contributed by atoms with Gasteiger partial charge in [-0.1, -0.05) is 13.3 Å². The number of rotatable bonds is 10. The highest BCUT2D eigenvalue weighted by molar-refractivity contribution is 5.97. The molecule has 2 aliphatic rings. The monoisotopic (exact) mass is 388 g/mol. The molecule has 0 atom stereocenters. The van der Waals surface area contributed by atoms with Gasteiger partial charge >= 0.3 is 0 Å². The lowest BCUT2D eigenvalue weighted by atomic mass is 10.0. The Hall–Kier alpha value is -1.59. The molecule has 0 radical (unpaired) electrons. The molecule has 3 rings (SSSR count). The predicted octanol–water partition coefficient (Wildman–Crippen LogP) is 4.62. The van der Waals surface area contributed by atoms with Gasteiger partial charge in [-0.05, 0) is 88.7 Å². The molecule has 1 saturated carbocycles. The molecule has 156 valence electrons. The summed E-state index contributed by atoms with van der Waals surface area (Å²) in [6.45, 7) is 7.03. The highest BCUT2D eigenvalue weighted by Gasteiger charge is 2.42. The van der Waals surface area contributed by atoms with Crippen molar-refractivity contribution in [2.45, 2.75) is 70.3 Å². The van der Waals surface area contributed by atoms with Gasteiger partial charge in [0.2, 0.25) is 0 Å². The zero-order valence-electron chi connectivity index (χ0n) is 17.4. The Bertz CT molecular complexity index is 590. The van der Waals surface area contributed by atoms with Gasteiger partial charge < -0.3 is 19.7 Å². The van der Waals surface area contributed by atoms with Crippen LogP contribution in [0, 0.1) is 0 Å². The van der Waals surface area contributed by atoms with E-state index in [1.54, 1.807) is 0 Å². The van der Waals surface area contributed by atoms with Crippen molar-refractivity contribution in [3.05, 3.63) is 24.3 Å². The highest BCUT2D eigenvalue weighted by Crippen LogP contribution is 2.34. The third-order valence-electron chi connectivity index (χ3n) is 5.86. The Morgan fingerprint density at radius 3 is 2.43 bits per heavy atom. The fourth-order valence-corrected chi connectivity index (χ4v) is 4.22. The number of benzene rings is 1.